The maximum atomic E-state index is 11.3. The van der Waals surface area contributed by atoms with Crippen molar-refractivity contribution in [2.45, 2.75) is 19.3 Å². The smallest absolute Gasteiger partial charge is 0.318 e. The van der Waals surface area contributed by atoms with E-state index in [0.29, 0.717) is 10.4 Å². The van der Waals surface area contributed by atoms with Gasteiger partial charge in [-0.15, -0.1) is 0 Å². The van der Waals surface area contributed by atoms with Crippen molar-refractivity contribution in [3.05, 3.63) is 22.6 Å². The molecule has 0 aromatic carbocycles. The van der Waals surface area contributed by atoms with Crippen LogP contribution in [0.4, 0.5) is 0 Å². The van der Waals surface area contributed by atoms with E-state index in [2.05, 4.69) is 20.7 Å². The summed E-state index contributed by atoms with van der Waals surface area (Å²) in [7, 11) is 1.36. The SMILES string of the molecule is COC(=O)C(C)(C)c1ccc(Br)o1. The molecule has 1 rings (SSSR count). The molecule has 0 N–H and O–H groups in total. The Balaban J connectivity index is 2.99. The Hall–Kier alpha value is -0.770. The van der Waals surface area contributed by atoms with Gasteiger partial charge in [-0.2, -0.15) is 0 Å². The van der Waals surface area contributed by atoms with Gasteiger partial charge >= 0.3 is 5.97 Å². The first-order chi connectivity index (χ1) is 5.98. The lowest BCUT2D eigenvalue weighted by atomic mass is 9.91. The predicted octanol–water partition coefficient (Wildman–Crippen LogP) is 2.49. The Bertz CT molecular complexity index is 314. The predicted molar refractivity (Wildman–Crippen MR) is 51.5 cm³/mol. The molecule has 0 unspecified atom stereocenters. The van der Waals surface area contributed by atoms with Crippen molar-refractivity contribution >= 4 is 21.9 Å². The van der Waals surface area contributed by atoms with Gasteiger partial charge in [-0.1, -0.05) is 0 Å². The van der Waals surface area contributed by atoms with E-state index in [1.807, 2.05) is 0 Å². The molecule has 0 saturated heterocycles. The molecule has 72 valence electrons. The molecule has 0 aliphatic heterocycles. The summed E-state index contributed by atoms with van der Waals surface area (Å²) in [6, 6.07) is 3.50. The average Bonchev–Trinajstić information content (AvgIpc) is 2.50. The summed E-state index contributed by atoms with van der Waals surface area (Å²) in [6.45, 7) is 3.51. The van der Waals surface area contributed by atoms with Crippen LogP contribution >= 0.6 is 15.9 Å². The third-order valence-electron chi connectivity index (χ3n) is 1.88. The van der Waals surface area contributed by atoms with Crippen LogP contribution in [0.2, 0.25) is 0 Å². The molecule has 0 saturated carbocycles. The zero-order valence-corrected chi connectivity index (χ0v) is 9.34. The van der Waals surface area contributed by atoms with Gasteiger partial charge in [0.25, 0.3) is 0 Å². The van der Waals surface area contributed by atoms with E-state index in [9.17, 15) is 4.79 Å². The number of hydrogen-bond acceptors (Lipinski definition) is 3. The zero-order chi connectivity index (χ0) is 10.1. The second kappa shape index (κ2) is 3.54. The molecule has 0 aliphatic rings. The largest absolute Gasteiger partial charge is 0.468 e. The van der Waals surface area contributed by atoms with E-state index >= 15 is 0 Å². The number of carbonyl (C=O) groups is 1. The first-order valence-electron chi connectivity index (χ1n) is 3.82. The zero-order valence-electron chi connectivity index (χ0n) is 7.76. The quantitative estimate of drug-likeness (QED) is 0.753. The van der Waals surface area contributed by atoms with Crippen LogP contribution < -0.4 is 0 Å². The highest BCUT2D eigenvalue weighted by Gasteiger charge is 2.34. The van der Waals surface area contributed by atoms with Gasteiger partial charge in [0.1, 0.15) is 11.2 Å². The molecular formula is C9H11BrO3. The number of carbonyl (C=O) groups excluding carboxylic acids is 1. The maximum absolute atomic E-state index is 11.3. The summed E-state index contributed by atoms with van der Waals surface area (Å²) in [6.07, 6.45) is 0. The van der Waals surface area contributed by atoms with Gasteiger partial charge < -0.3 is 9.15 Å². The summed E-state index contributed by atoms with van der Waals surface area (Å²) < 4.78 is 10.6. The van der Waals surface area contributed by atoms with Crippen LogP contribution in [0, 0.1) is 0 Å². The number of rotatable bonds is 2. The lowest BCUT2D eigenvalue weighted by Gasteiger charge is -2.18. The molecule has 0 spiro atoms. The molecule has 0 aliphatic carbocycles. The summed E-state index contributed by atoms with van der Waals surface area (Å²) in [4.78, 5) is 11.3. The van der Waals surface area contributed by atoms with Crippen LogP contribution in [0.5, 0.6) is 0 Å². The minimum absolute atomic E-state index is 0.311. The van der Waals surface area contributed by atoms with E-state index in [4.69, 9.17) is 4.42 Å². The molecule has 0 bridgehead atoms. The number of methoxy groups -OCH3 is 1. The van der Waals surface area contributed by atoms with E-state index in [1.165, 1.54) is 7.11 Å². The number of ether oxygens (including phenoxy) is 1. The Morgan fingerprint density at radius 3 is 2.54 bits per heavy atom. The Labute approximate surface area is 85.2 Å². The highest BCUT2D eigenvalue weighted by molar-refractivity contribution is 9.10. The molecule has 4 heteroatoms. The van der Waals surface area contributed by atoms with Gasteiger partial charge in [0.15, 0.2) is 4.67 Å². The van der Waals surface area contributed by atoms with Crippen LogP contribution in [-0.2, 0) is 14.9 Å². The normalized spacial score (nSPS) is 11.4. The van der Waals surface area contributed by atoms with E-state index in [-0.39, 0.29) is 5.97 Å². The van der Waals surface area contributed by atoms with Gasteiger partial charge in [0, 0.05) is 0 Å². The van der Waals surface area contributed by atoms with Crippen molar-refractivity contribution in [1.82, 2.24) is 0 Å². The summed E-state index contributed by atoms with van der Waals surface area (Å²) in [5.74, 6) is 0.278. The molecule has 1 heterocycles. The average molecular weight is 247 g/mol. The minimum Gasteiger partial charge on any atom is -0.468 e. The number of esters is 1. The Morgan fingerprint density at radius 1 is 1.54 bits per heavy atom. The van der Waals surface area contributed by atoms with Crippen molar-refractivity contribution in [3.8, 4) is 0 Å². The third-order valence-corrected chi connectivity index (χ3v) is 2.31. The van der Waals surface area contributed by atoms with E-state index in [1.54, 1.807) is 26.0 Å². The van der Waals surface area contributed by atoms with Gasteiger partial charge in [0.2, 0.25) is 0 Å². The van der Waals surface area contributed by atoms with Crippen LogP contribution in [0.25, 0.3) is 0 Å². The molecular weight excluding hydrogens is 236 g/mol. The lowest BCUT2D eigenvalue weighted by molar-refractivity contribution is -0.146. The molecule has 0 amide bonds. The second-order valence-electron chi connectivity index (χ2n) is 3.22. The molecule has 0 radical (unpaired) electrons. The topological polar surface area (TPSA) is 39.4 Å². The molecule has 1 aromatic rings. The van der Waals surface area contributed by atoms with Gasteiger partial charge in [-0.3, -0.25) is 4.79 Å². The highest BCUT2D eigenvalue weighted by atomic mass is 79.9. The minimum atomic E-state index is -0.735. The van der Waals surface area contributed by atoms with Crippen molar-refractivity contribution in [3.63, 3.8) is 0 Å². The lowest BCUT2D eigenvalue weighted by Crippen LogP contribution is -2.29. The molecule has 0 fully saturated rings. The van der Waals surface area contributed by atoms with Crippen LogP contribution in [-0.4, -0.2) is 13.1 Å². The Morgan fingerprint density at radius 2 is 2.15 bits per heavy atom. The van der Waals surface area contributed by atoms with Gasteiger partial charge in [-0.05, 0) is 41.9 Å². The van der Waals surface area contributed by atoms with Gasteiger partial charge in [0.05, 0.1) is 7.11 Å². The first-order valence-corrected chi connectivity index (χ1v) is 4.62. The fraction of sp³-hybridized carbons (Fsp3) is 0.444. The summed E-state index contributed by atoms with van der Waals surface area (Å²) in [5, 5.41) is 0. The standard InChI is InChI=1S/C9H11BrO3/c1-9(2,8(11)12-3)6-4-5-7(10)13-6/h4-5H,1-3H3. The van der Waals surface area contributed by atoms with E-state index in [0.717, 1.165) is 0 Å². The summed E-state index contributed by atoms with van der Waals surface area (Å²) >= 11 is 3.18. The Kier molecular flexibility index (Phi) is 2.81. The summed E-state index contributed by atoms with van der Waals surface area (Å²) in [5.41, 5.74) is -0.735. The van der Waals surface area contributed by atoms with Crippen molar-refractivity contribution in [2.75, 3.05) is 7.11 Å². The van der Waals surface area contributed by atoms with E-state index < -0.39 is 5.41 Å². The molecule has 1 aromatic heterocycles. The van der Waals surface area contributed by atoms with Crippen molar-refractivity contribution in [1.29, 1.82) is 0 Å². The van der Waals surface area contributed by atoms with Crippen LogP contribution in [0.3, 0.4) is 0 Å². The number of halogens is 1. The third kappa shape index (κ3) is 1.94. The molecule has 3 nitrogen and oxygen atoms in total. The van der Waals surface area contributed by atoms with Crippen LogP contribution in [0.1, 0.15) is 19.6 Å². The fourth-order valence-corrected chi connectivity index (χ4v) is 1.31. The first kappa shape index (κ1) is 10.3. The van der Waals surface area contributed by atoms with Crippen LogP contribution in [0.15, 0.2) is 21.2 Å². The molecule has 0 atom stereocenters. The monoisotopic (exact) mass is 246 g/mol. The number of hydrogen-bond donors (Lipinski definition) is 0. The van der Waals surface area contributed by atoms with Gasteiger partial charge in [-0.25, -0.2) is 0 Å². The van der Waals surface area contributed by atoms with Crippen molar-refractivity contribution < 1.29 is 13.9 Å². The molecule has 13 heavy (non-hydrogen) atoms. The fourth-order valence-electron chi connectivity index (χ4n) is 1.01. The highest BCUT2D eigenvalue weighted by Crippen LogP contribution is 2.28. The number of furan rings is 1. The van der Waals surface area contributed by atoms with Crippen molar-refractivity contribution in [2.24, 2.45) is 0 Å². The maximum Gasteiger partial charge on any atom is 0.318 e. The second-order valence-corrected chi connectivity index (χ2v) is 4.00.